The van der Waals surface area contributed by atoms with Crippen molar-refractivity contribution in [2.45, 2.75) is 6.92 Å². The molecule has 0 aliphatic rings. The lowest BCUT2D eigenvalue weighted by atomic mass is 9.93. The molecule has 2 heterocycles. The fourth-order valence-electron chi connectivity index (χ4n) is 7.53. The number of nitrogens with zero attached hydrogens (tertiary/aromatic N) is 6. The van der Waals surface area contributed by atoms with Crippen molar-refractivity contribution < 1.29 is 0 Å². The maximum atomic E-state index is 5.00. The maximum Gasteiger partial charge on any atom is 0.164 e. The molecule has 0 amide bonds. The zero-order chi connectivity index (χ0) is 41.0. The number of aromatic nitrogens is 6. The lowest BCUT2D eigenvalue weighted by Crippen LogP contribution is -2.00. The van der Waals surface area contributed by atoms with Crippen molar-refractivity contribution in [1.82, 2.24) is 29.9 Å². The van der Waals surface area contributed by atoms with Crippen LogP contribution in [-0.4, -0.2) is 29.9 Å². The molecular formula is C55H38N6. The lowest BCUT2D eigenvalue weighted by Gasteiger charge is -2.13. The van der Waals surface area contributed by atoms with Crippen LogP contribution in [0.3, 0.4) is 0 Å². The predicted octanol–water partition coefficient (Wildman–Crippen LogP) is 13.4. The van der Waals surface area contributed by atoms with E-state index in [9.17, 15) is 0 Å². The van der Waals surface area contributed by atoms with Gasteiger partial charge in [-0.05, 0) is 70.1 Å². The SMILES string of the molecule is Cc1ccc(-c2nc(-c3ccccc3)nc(-c3ccccc3)n2)cc1-c1cccc(-c2cccc(-c3cccc(-c4nc(-c5ccccc5)nc(-c5ccccc5)n4)c3)c2)c1. The zero-order valence-electron chi connectivity index (χ0n) is 33.4. The molecule has 288 valence electrons. The summed E-state index contributed by atoms with van der Waals surface area (Å²) in [7, 11) is 0. The molecule has 0 saturated heterocycles. The number of hydrogen-bond donors (Lipinski definition) is 0. The van der Waals surface area contributed by atoms with Gasteiger partial charge in [0.05, 0.1) is 0 Å². The molecule has 8 aromatic carbocycles. The van der Waals surface area contributed by atoms with Crippen molar-refractivity contribution in [3.05, 3.63) is 218 Å². The van der Waals surface area contributed by atoms with Crippen LogP contribution in [0, 0.1) is 6.92 Å². The van der Waals surface area contributed by atoms with Gasteiger partial charge in [0, 0.05) is 33.4 Å². The fraction of sp³-hybridized carbons (Fsp3) is 0.0182. The molecule has 6 nitrogen and oxygen atoms in total. The molecule has 10 rings (SSSR count). The number of rotatable bonds is 9. The van der Waals surface area contributed by atoms with Crippen molar-refractivity contribution >= 4 is 0 Å². The van der Waals surface area contributed by atoms with Crippen LogP contribution >= 0.6 is 0 Å². The van der Waals surface area contributed by atoms with Crippen LogP contribution in [0.5, 0.6) is 0 Å². The smallest absolute Gasteiger partial charge is 0.164 e. The second-order valence-corrected chi connectivity index (χ2v) is 14.8. The van der Waals surface area contributed by atoms with Gasteiger partial charge in [-0.1, -0.05) is 188 Å². The zero-order valence-corrected chi connectivity index (χ0v) is 33.4. The highest BCUT2D eigenvalue weighted by Crippen LogP contribution is 2.35. The molecule has 0 saturated carbocycles. The van der Waals surface area contributed by atoms with E-state index < -0.39 is 0 Å². The van der Waals surface area contributed by atoms with Crippen LogP contribution in [0.25, 0.3) is 102 Å². The van der Waals surface area contributed by atoms with Crippen LogP contribution in [0.4, 0.5) is 0 Å². The summed E-state index contributed by atoms with van der Waals surface area (Å²) in [6.07, 6.45) is 0. The normalized spacial score (nSPS) is 11.0. The highest BCUT2D eigenvalue weighted by Gasteiger charge is 2.16. The van der Waals surface area contributed by atoms with E-state index in [-0.39, 0.29) is 0 Å². The number of aryl methyl sites for hydroxylation is 1. The molecular weight excluding hydrogens is 745 g/mol. The minimum Gasteiger partial charge on any atom is -0.208 e. The number of hydrogen-bond acceptors (Lipinski definition) is 6. The Balaban J connectivity index is 0.989. The Morgan fingerprint density at radius 1 is 0.213 bits per heavy atom. The van der Waals surface area contributed by atoms with E-state index in [1.807, 2.05) is 121 Å². The second-order valence-electron chi connectivity index (χ2n) is 14.8. The third-order valence-corrected chi connectivity index (χ3v) is 10.7. The molecule has 0 aliphatic carbocycles. The van der Waals surface area contributed by atoms with E-state index in [4.69, 9.17) is 29.9 Å². The highest BCUT2D eigenvalue weighted by molar-refractivity contribution is 5.81. The molecule has 0 bridgehead atoms. The molecule has 0 unspecified atom stereocenters. The van der Waals surface area contributed by atoms with Crippen LogP contribution < -0.4 is 0 Å². The Bertz CT molecular complexity index is 3020. The lowest BCUT2D eigenvalue weighted by molar-refractivity contribution is 1.07. The first-order valence-electron chi connectivity index (χ1n) is 20.3. The molecule has 0 atom stereocenters. The molecule has 0 spiro atoms. The predicted molar refractivity (Wildman–Crippen MR) is 247 cm³/mol. The van der Waals surface area contributed by atoms with E-state index >= 15 is 0 Å². The molecule has 10 aromatic rings. The Kier molecular flexibility index (Phi) is 10.1. The van der Waals surface area contributed by atoms with Gasteiger partial charge in [0.15, 0.2) is 34.9 Å². The first-order chi connectivity index (χ1) is 30.1. The summed E-state index contributed by atoms with van der Waals surface area (Å²) in [4.78, 5) is 29.7. The van der Waals surface area contributed by atoms with Crippen molar-refractivity contribution in [2.75, 3.05) is 0 Å². The molecule has 0 fully saturated rings. The van der Waals surface area contributed by atoms with Gasteiger partial charge in [-0.15, -0.1) is 0 Å². The second kappa shape index (κ2) is 16.6. The summed E-state index contributed by atoms with van der Waals surface area (Å²) in [6.45, 7) is 2.15. The van der Waals surface area contributed by atoms with Crippen LogP contribution in [0.2, 0.25) is 0 Å². The van der Waals surface area contributed by atoms with Crippen LogP contribution in [-0.2, 0) is 0 Å². The summed E-state index contributed by atoms with van der Waals surface area (Å²) in [5, 5.41) is 0. The molecule has 6 heteroatoms. The average molecular weight is 783 g/mol. The molecule has 2 aromatic heterocycles. The molecule has 0 N–H and O–H groups in total. The summed E-state index contributed by atoms with van der Waals surface area (Å²) in [5.41, 5.74) is 13.4. The van der Waals surface area contributed by atoms with Gasteiger partial charge in [0.25, 0.3) is 0 Å². The van der Waals surface area contributed by atoms with E-state index in [0.717, 1.165) is 72.3 Å². The van der Waals surface area contributed by atoms with E-state index in [2.05, 4.69) is 97.9 Å². The first-order valence-corrected chi connectivity index (χ1v) is 20.3. The standard InChI is InChI=1S/C55H38N6/c1-37-31-32-48(55-60-52(40-21-10-4-11-22-40)57-53(61-55)41-23-12-5-13-24-41)36-49(37)46-29-15-27-44(34-46)42-25-14-26-43(33-42)45-28-16-30-47(35-45)54-58-50(38-17-6-2-7-18-38)56-51(59-54)39-19-8-3-9-20-39/h2-36H,1H3. The largest absolute Gasteiger partial charge is 0.208 e. The molecule has 0 aliphatic heterocycles. The summed E-state index contributed by atoms with van der Waals surface area (Å²) < 4.78 is 0. The van der Waals surface area contributed by atoms with Crippen molar-refractivity contribution in [3.8, 4) is 102 Å². The fourth-order valence-corrected chi connectivity index (χ4v) is 7.53. The summed E-state index contributed by atoms with van der Waals surface area (Å²) in [6, 6.07) is 72.6. The van der Waals surface area contributed by atoms with Gasteiger partial charge < -0.3 is 0 Å². The third kappa shape index (κ3) is 7.98. The minimum atomic E-state index is 0.626. The maximum absolute atomic E-state index is 5.00. The minimum absolute atomic E-state index is 0.626. The van der Waals surface area contributed by atoms with Crippen LogP contribution in [0.1, 0.15) is 5.56 Å². The highest BCUT2D eigenvalue weighted by atomic mass is 15.0. The van der Waals surface area contributed by atoms with Gasteiger partial charge in [0.2, 0.25) is 0 Å². The van der Waals surface area contributed by atoms with E-state index in [0.29, 0.717) is 34.9 Å². The number of benzene rings is 8. The Labute approximate surface area is 355 Å². The van der Waals surface area contributed by atoms with Crippen molar-refractivity contribution in [1.29, 1.82) is 0 Å². The Hall–Kier alpha value is -8.22. The van der Waals surface area contributed by atoms with Gasteiger partial charge >= 0.3 is 0 Å². The van der Waals surface area contributed by atoms with Gasteiger partial charge in [-0.25, -0.2) is 29.9 Å². The Morgan fingerprint density at radius 2 is 0.475 bits per heavy atom. The third-order valence-electron chi connectivity index (χ3n) is 10.7. The molecule has 61 heavy (non-hydrogen) atoms. The van der Waals surface area contributed by atoms with Gasteiger partial charge in [0.1, 0.15) is 0 Å². The van der Waals surface area contributed by atoms with Crippen molar-refractivity contribution in [3.63, 3.8) is 0 Å². The quantitative estimate of drug-likeness (QED) is 0.145. The topological polar surface area (TPSA) is 77.3 Å². The van der Waals surface area contributed by atoms with Gasteiger partial charge in [-0.2, -0.15) is 0 Å². The van der Waals surface area contributed by atoms with Gasteiger partial charge in [-0.3, -0.25) is 0 Å². The summed E-state index contributed by atoms with van der Waals surface area (Å²) >= 11 is 0. The monoisotopic (exact) mass is 782 g/mol. The van der Waals surface area contributed by atoms with E-state index in [1.54, 1.807) is 0 Å². The summed E-state index contributed by atoms with van der Waals surface area (Å²) in [5.74, 6) is 3.81. The van der Waals surface area contributed by atoms with E-state index in [1.165, 1.54) is 0 Å². The average Bonchev–Trinajstić information content (AvgIpc) is 3.35. The van der Waals surface area contributed by atoms with Crippen molar-refractivity contribution in [2.24, 2.45) is 0 Å². The Morgan fingerprint density at radius 3 is 0.852 bits per heavy atom. The molecule has 0 radical (unpaired) electrons. The first kappa shape index (κ1) is 37.1. The van der Waals surface area contributed by atoms with Crippen LogP contribution in [0.15, 0.2) is 212 Å².